The van der Waals surface area contributed by atoms with Crippen molar-refractivity contribution in [3.8, 4) is 0 Å². The second-order valence-electron chi connectivity index (χ2n) is 6.05. The summed E-state index contributed by atoms with van der Waals surface area (Å²) in [5, 5.41) is 23.9. The molecule has 0 radical (unpaired) electrons. The zero-order chi connectivity index (χ0) is 15.6. The minimum Gasteiger partial charge on any atom is -0.396 e. The third-order valence-corrected chi connectivity index (χ3v) is 4.09. The van der Waals surface area contributed by atoms with E-state index in [9.17, 15) is 15.2 Å². The number of hydrogen-bond donors (Lipinski definition) is 2. The number of anilines is 1. The Balaban J connectivity index is 2.38. The highest BCUT2D eigenvalue weighted by molar-refractivity contribution is 5.59. The number of benzene rings is 1. The number of aliphatic hydroxyl groups is 1. The lowest BCUT2D eigenvalue weighted by Gasteiger charge is -2.40. The van der Waals surface area contributed by atoms with Crippen LogP contribution in [0.3, 0.4) is 0 Å². The number of fused-ring (bicyclic) bond motifs is 1. The van der Waals surface area contributed by atoms with Gasteiger partial charge in [-0.25, -0.2) is 0 Å². The quantitative estimate of drug-likeness (QED) is 0.644. The van der Waals surface area contributed by atoms with Crippen LogP contribution in [0, 0.1) is 15.5 Å². The van der Waals surface area contributed by atoms with Crippen LogP contribution in [0.4, 0.5) is 11.4 Å². The third kappa shape index (κ3) is 3.16. The van der Waals surface area contributed by atoms with Crippen LogP contribution in [0.2, 0.25) is 0 Å². The number of ether oxygens (including phenoxy) is 1. The fraction of sp³-hybridized carbons (Fsp3) is 0.600. The normalized spacial score (nSPS) is 21.5. The van der Waals surface area contributed by atoms with Gasteiger partial charge in [0.1, 0.15) is 0 Å². The molecule has 1 heterocycles. The SMILES string of the molecule is CCOC1CC(C(C)(C)CO)Nc2ccc([N+](=O)[O-])cc21. The van der Waals surface area contributed by atoms with E-state index in [1.54, 1.807) is 12.1 Å². The van der Waals surface area contributed by atoms with E-state index in [4.69, 9.17) is 4.74 Å². The molecule has 0 aromatic heterocycles. The Kier molecular flexibility index (Phi) is 4.49. The van der Waals surface area contributed by atoms with Gasteiger partial charge in [0.05, 0.1) is 17.6 Å². The molecule has 1 aliphatic heterocycles. The number of nitro groups is 1. The maximum Gasteiger partial charge on any atom is 0.269 e. The lowest BCUT2D eigenvalue weighted by Crippen LogP contribution is -2.43. The molecule has 21 heavy (non-hydrogen) atoms. The molecule has 6 heteroatoms. The van der Waals surface area contributed by atoms with Gasteiger partial charge >= 0.3 is 0 Å². The molecule has 0 fully saturated rings. The van der Waals surface area contributed by atoms with E-state index in [0.717, 1.165) is 11.3 Å². The van der Waals surface area contributed by atoms with Gasteiger partial charge in [-0.2, -0.15) is 0 Å². The third-order valence-electron chi connectivity index (χ3n) is 4.09. The highest BCUT2D eigenvalue weighted by Gasteiger charge is 2.36. The fourth-order valence-corrected chi connectivity index (χ4v) is 2.63. The maximum atomic E-state index is 10.9. The summed E-state index contributed by atoms with van der Waals surface area (Å²) >= 11 is 0. The molecule has 0 spiro atoms. The van der Waals surface area contributed by atoms with Gasteiger partial charge in [-0.15, -0.1) is 0 Å². The number of nitrogens with one attached hydrogen (secondary N) is 1. The van der Waals surface area contributed by atoms with Crippen molar-refractivity contribution in [1.82, 2.24) is 0 Å². The summed E-state index contributed by atoms with van der Waals surface area (Å²) in [6, 6.07) is 4.83. The Bertz CT molecular complexity index is 530. The van der Waals surface area contributed by atoms with E-state index < -0.39 is 4.92 Å². The summed E-state index contributed by atoms with van der Waals surface area (Å²) in [5.41, 5.74) is 1.43. The zero-order valence-corrected chi connectivity index (χ0v) is 12.6. The van der Waals surface area contributed by atoms with E-state index in [1.807, 2.05) is 20.8 Å². The summed E-state index contributed by atoms with van der Waals surface area (Å²) in [4.78, 5) is 10.5. The summed E-state index contributed by atoms with van der Waals surface area (Å²) in [5.74, 6) is 0. The monoisotopic (exact) mass is 294 g/mol. The predicted molar refractivity (Wildman–Crippen MR) is 80.4 cm³/mol. The number of nitrogens with zero attached hydrogens (tertiary/aromatic N) is 1. The van der Waals surface area contributed by atoms with Crippen LogP contribution >= 0.6 is 0 Å². The number of nitro benzene ring substituents is 1. The number of hydrogen-bond acceptors (Lipinski definition) is 5. The second-order valence-corrected chi connectivity index (χ2v) is 6.05. The first-order valence-electron chi connectivity index (χ1n) is 7.16. The lowest BCUT2D eigenvalue weighted by atomic mass is 9.78. The lowest BCUT2D eigenvalue weighted by molar-refractivity contribution is -0.385. The standard InChI is InChI=1S/C15H22N2O4/c1-4-21-13-8-14(15(2,3)9-18)16-12-6-5-10(17(19)20)7-11(12)13/h5-7,13-14,16,18H,4,8-9H2,1-3H3. The van der Waals surface area contributed by atoms with Crippen molar-refractivity contribution in [2.45, 2.75) is 39.3 Å². The molecule has 2 N–H and O–H groups in total. The molecule has 1 aliphatic rings. The molecule has 6 nitrogen and oxygen atoms in total. The smallest absolute Gasteiger partial charge is 0.269 e. The van der Waals surface area contributed by atoms with Crippen molar-refractivity contribution in [3.05, 3.63) is 33.9 Å². The van der Waals surface area contributed by atoms with Crippen LogP contribution < -0.4 is 5.32 Å². The molecule has 116 valence electrons. The van der Waals surface area contributed by atoms with Crippen LogP contribution in [0.15, 0.2) is 18.2 Å². The van der Waals surface area contributed by atoms with Crippen LogP contribution in [-0.4, -0.2) is 29.3 Å². The zero-order valence-electron chi connectivity index (χ0n) is 12.6. The second kappa shape index (κ2) is 5.99. The first kappa shape index (κ1) is 15.7. The average Bonchev–Trinajstić information content (AvgIpc) is 2.46. The van der Waals surface area contributed by atoms with Crippen molar-refractivity contribution < 1.29 is 14.8 Å². The molecule has 0 saturated carbocycles. The molecule has 2 rings (SSSR count). The van der Waals surface area contributed by atoms with Crippen LogP contribution in [-0.2, 0) is 4.74 Å². The number of aliphatic hydroxyl groups excluding tert-OH is 1. The summed E-state index contributed by atoms with van der Waals surface area (Å²) in [6.07, 6.45) is 0.484. The Morgan fingerprint density at radius 3 is 2.81 bits per heavy atom. The molecule has 2 unspecified atom stereocenters. The van der Waals surface area contributed by atoms with Gasteiger partial charge in [0, 0.05) is 41.4 Å². The highest BCUT2D eigenvalue weighted by Crippen LogP contribution is 2.41. The Hall–Kier alpha value is -1.66. The first-order chi connectivity index (χ1) is 9.89. The van der Waals surface area contributed by atoms with Gasteiger partial charge in [0.25, 0.3) is 5.69 Å². The fourth-order valence-electron chi connectivity index (χ4n) is 2.63. The molecular weight excluding hydrogens is 272 g/mol. The topological polar surface area (TPSA) is 84.6 Å². The Morgan fingerprint density at radius 1 is 1.52 bits per heavy atom. The average molecular weight is 294 g/mol. The van der Waals surface area contributed by atoms with E-state index in [-0.39, 0.29) is 29.9 Å². The van der Waals surface area contributed by atoms with Crippen molar-refractivity contribution in [2.75, 3.05) is 18.5 Å². The molecule has 0 bridgehead atoms. The first-order valence-corrected chi connectivity index (χ1v) is 7.16. The Labute approximate surface area is 124 Å². The van der Waals surface area contributed by atoms with Crippen LogP contribution in [0.5, 0.6) is 0 Å². The van der Waals surface area contributed by atoms with Gasteiger partial charge in [0.2, 0.25) is 0 Å². The van der Waals surface area contributed by atoms with E-state index in [1.165, 1.54) is 6.07 Å². The van der Waals surface area contributed by atoms with Gasteiger partial charge < -0.3 is 15.2 Å². The van der Waals surface area contributed by atoms with Gasteiger partial charge in [-0.1, -0.05) is 13.8 Å². The maximum absolute atomic E-state index is 10.9. The van der Waals surface area contributed by atoms with Crippen LogP contribution in [0.25, 0.3) is 0 Å². The minimum absolute atomic E-state index is 0.0491. The highest BCUT2D eigenvalue weighted by atomic mass is 16.6. The van der Waals surface area contributed by atoms with Gasteiger partial charge in [-0.05, 0) is 19.4 Å². The van der Waals surface area contributed by atoms with Crippen molar-refractivity contribution in [3.63, 3.8) is 0 Å². The number of non-ortho nitro benzene ring substituents is 1. The number of rotatable bonds is 5. The minimum atomic E-state index is -0.396. The molecule has 2 atom stereocenters. The van der Waals surface area contributed by atoms with Gasteiger partial charge in [-0.3, -0.25) is 10.1 Å². The van der Waals surface area contributed by atoms with Crippen LogP contribution in [0.1, 0.15) is 38.9 Å². The van der Waals surface area contributed by atoms with E-state index >= 15 is 0 Å². The molecule has 0 aliphatic carbocycles. The van der Waals surface area contributed by atoms with Crippen molar-refractivity contribution in [1.29, 1.82) is 0 Å². The molecular formula is C15H22N2O4. The predicted octanol–water partition coefficient (Wildman–Crippen LogP) is 2.88. The van der Waals surface area contributed by atoms with Crippen molar-refractivity contribution in [2.24, 2.45) is 5.41 Å². The Morgan fingerprint density at radius 2 is 2.24 bits per heavy atom. The summed E-state index contributed by atoms with van der Waals surface area (Å²) in [6.45, 7) is 6.49. The molecule has 1 aromatic carbocycles. The van der Waals surface area contributed by atoms with E-state index in [2.05, 4.69) is 5.32 Å². The molecule has 0 saturated heterocycles. The summed E-state index contributed by atoms with van der Waals surface area (Å²) in [7, 11) is 0. The largest absolute Gasteiger partial charge is 0.396 e. The van der Waals surface area contributed by atoms with Gasteiger partial charge in [0.15, 0.2) is 0 Å². The van der Waals surface area contributed by atoms with E-state index in [0.29, 0.717) is 13.0 Å². The van der Waals surface area contributed by atoms with Crippen molar-refractivity contribution >= 4 is 11.4 Å². The molecule has 1 aromatic rings. The molecule has 0 amide bonds. The summed E-state index contributed by atoms with van der Waals surface area (Å²) < 4.78 is 5.77.